The Balaban J connectivity index is 1.45. The smallest absolute Gasteiger partial charge is 0.291 e. The minimum atomic E-state index is -0.352. The van der Waals surface area contributed by atoms with Gasteiger partial charge in [-0.3, -0.25) is 14.5 Å². The summed E-state index contributed by atoms with van der Waals surface area (Å²) in [4.78, 5) is 26.6. The number of rotatable bonds is 8. The number of nitrogens with zero attached hydrogens (tertiary/aromatic N) is 1. The Morgan fingerprint density at radius 2 is 1.97 bits per heavy atom. The summed E-state index contributed by atoms with van der Waals surface area (Å²) < 4.78 is 16.0. The van der Waals surface area contributed by atoms with Crippen molar-refractivity contribution >= 4 is 17.5 Å². The van der Waals surface area contributed by atoms with Crippen LogP contribution < -0.4 is 15.4 Å². The van der Waals surface area contributed by atoms with Gasteiger partial charge < -0.3 is 24.5 Å². The molecule has 1 aromatic carbocycles. The molecule has 0 atom stereocenters. The number of nitrogens with one attached hydrogen (secondary N) is 2. The zero-order valence-electron chi connectivity index (χ0n) is 16.8. The zero-order valence-corrected chi connectivity index (χ0v) is 16.8. The lowest BCUT2D eigenvalue weighted by atomic mass is 10.0. The molecule has 2 heterocycles. The van der Waals surface area contributed by atoms with Crippen molar-refractivity contribution in [2.24, 2.45) is 0 Å². The minimum Gasteiger partial charge on any atom is -0.484 e. The van der Waals surface area contributed by atoms with E-state index in [1.807, 2.05) is 0 Å². The van der Waals surface area contributed by atoms with Crippen molar-refractivity contribution in [3.8, 4) is 5.75 Å². The van der Waals surface area contributed by atoms with Gasteiger partial charge in [0.15, 0.2) is 12.4 Å². The molecule has 3 rings (SSSR count). The highest BCUT2D eigenvalue weighted by Gasteiger charge is 2.28. The molecule has 1 saturated heterocycles. The van der Waals surface area contributed by atoms with Crippen molar-refractivity contribution in [3.63, 3.8) is 0 Å². The summed E-state index contributed by atoms with van der Waals surface area (Å²) in [7, 11) is 0. The van der Waals surface area contributed by atoms with Crippen LogP contribution in [0.4, 0.5) is 5.69 Å². The molecular weight excluding hydrogens is 374 g/mol. The molecule has 1 aliphatic heterocycles. The Labute approximate surface area is 170 Å². The lowest BCUT2D eigenvalue weighted by Gasteiger charge is -2.40. The van der Waals surface area contributed by atoms with E-state index in [2.05, 4.69) is 29.4 Å². The van der Waals surface area contributed by atoms with Crippen LogP contribution in [0, 0.1) is 0 Å². The van der Waals surface area contributed by atoms with Gasteiger partial charge in [-0.15, -0.1) is 0 Å². The van der Waals surface area contributed by atoms with Gasteiger partial charge in [0.05, 0.1) is 19.5 Å². The summed E-state index contributed by atoms with van der Waals surface area (Å²) in [5, 5.41) is 5.65. The van der Waals surface area contributed by atoms with Gasteiger partial charge in [0.2, 0.25) is 0 Å². The molecule has 1 fully saturated rings. The van der Waals surface area contributed by atoms with Crippen LogP contribution >= 0.6 is 0 Å². The predicted octanol–water partition coefficient (Wildman–Crippen LogP) is 2.14. The highest BCUT2D eigenvalue weighted by Crippen LogP contribution is 2.18. The number of morpholine rings is 1. The van der Waals surface area contributed by atoms with Gasteiger partial charge in [-0.25, -0.2) is 0 Å². The van der Waals surface area contributed by atoms with Gasteiger partial charge >= 0.3 is 0 Å². The summed E-state index contributed by atoms with van der Waals surface area (Å²) in [6.45, 7) is 7.77. The van der Waals surface area contributed by atoms with Crippen LogP contribution in [0.2, 0.25) is 0 Å². The number of ether oxygens (including phenoxy) is 2. The molecule has 0 unspecified atom stereocenters. The first kappa shape index (κ1) is 20.9. The molecule has 29 heavy (non-hydrogen) atoms. The standard InChI is InChI=1S/C21H27N3O5/c1-21(2,24-8-11-27-12-9-24)15-22-19(25)14-29-17-6-3-5-16(13-17)23-20(26)18-7-4-10-28-18/h3-7,10,13H,8-9,11-12,14-15H2,1-2H3,(H,22,25)(H,23,26). The fourth-order valence-corrected chi connectivity index (χ4v) is 3.06. The number of carbonyl (C=O) groups excluding carboxylic acids is 2. The lowest BCUT2D eigenvalue weighted by molar-refractivity contribution is -0.123. The predicted molar refractivity (Wildman–Crippen MR) is 108 cm³/mol. The van der Waals surface area contributed by atoms with Gasteiger partial charge in [-0.2, -0.15) is 0 Å². The second kappa shape index (κ2) is 9.58. The average molecular weight is 401 g/mol. The first-order valence-electron chi connectivity index (χ1n) is 9.61. The number of hydrogen-bond donors (Lipinski definition) is 2. The van der Waals surface area contributed by atoms with Crippen LogP contribution in [-0.2, 0) is 9.53 Å². The van der Waals surface area contributed by atoms with Crippen molar-refractivity contribution in [2.75, 3.05) is 44.8 Å². The Kier molecular flexibility index (Phi) is 6.90. The number of benzene rings is 1. The Morgan fingerprint density at radius 1 is 1.17 bits per heavy atom. The molecule has 2 N–H and O–H groups in total. The van der Waals surface area contributed by atoms with Gasteiger partial charge in [0, 0.05) is 36.9 Å². The monoisotopic (exact) mass is 401 g/mol. The van der Waals surface area contributed by atoms with E-state index in [1.165, 1.54) is 6.26 Å². The summed E-state index contributed by atoms with van der Waals surface area (Å²) in [5.74, 6) is 0.162. The van der Waals surface area contributed by atoms with Gasteiger partial charge in [-0.1, -0.05) is 6.07 Å². The molecular formula is C21H27N3O5. The second-order valence-electron chi connectivity index (χ2n) is 7.44. The molecule has 0 spiro atoms. The van der Waals surface area contributed by atoms with Crippen molar-refractivity contribution in [1.82, 2.24) is 10.2 Å². The van der Waals surface area contributed by atoms with E-state index in [1.54, 1.807) is 36.4 Å². The number of hydrogen-bond acceptors (Lipinski definition) is 6. The minimum absolute atomic E-state index is 0.102. The zero-order chi connectivity index (χ0) is 20.7. The highest BCUT2D eigenvalue weighted by atomic mass is 16.5. The molecule has 1 aromatic heterocycles. The van der Waals surface area contributed by atoms with Crippen LogP contribution in [0.5, 0.6) is 5.75 Å². The summed E-state index contributed by atoms with van der Waals surface area (Å²) >= 11 is 0. The van der Waals surface area contributed by atoms with E-state index in [0.717, 1.165) is 13.1 Å². The number of anilines is 1. The summed E-state index contributed by atoms with van der Waals surface area (Å²) in [6, 6.07) is 10.1. The molecule has 156 valence electrons. The lowest BCUT2D eigenvalue weighted by Crippen LogP contribution is -2.55. The molecule has 8 nitrogen and oxygen atoms in total. The molecule has 2 aromatic rings. The quantitative estimate of drug-likeness (QED) is 0.704. The average Bonchev–Trinajstić information content (AvgIpc) is 3.27. The van der Waals surface area contributed by atoms with Gasteiger partial charge in [-0.05, 0) is 38.1 Å². The second-order valence-corrected chi connectivity index (χ2v) is 7.44. The van der Waals surface area contributed by atoms with Crippen LogP contribution in [0.1, 0.15) is 24.4 Å². The van der Waals surface area contributed by atoms with Crippen molar-refractivity contribution in [2.45, 2.75) is 19.4 Å². The Morgan fingerprint density at radius 3 is 2.69 bits per heavy atom. The summed E-state index contributed by atoms with van der Waals surface area (Å²) in [5.41, 5.74) is 0.396. The third-order valence-corrected chi connectivity index (χ3v) is 4.79. The molecule has 0 saturated carbocycles. The molecule has 0 radical (unpaired) electrons. The molecule has 0 bridgehead atoms. The van der Waals surface area contributed by atoms with Crippen LogP contribution in [-0.4, -0.2) is 61.7 Å². The third-order valence-electron chi connectivity index (χ3n) is 4.79. The molecule has 8 heteroatoms. The molecule has 0 aliphatic carbocycles. The van der Waals surface area contributed by atoms with Gasteiger partial charge in [0.25, 0.3) is 11.8 Å². The van der Waals surface area contributed by atoms with Crippen molar-refractivity contribution < 1.29 is 23.5 Å². The Bertz CT molecular complexity index is 813. The van der Waals surface area contributed by atoms with E-state index in [9.17, 15) is 9.59 Å². The van der Waals surface area contributed by atoms with Crippen LogP contribution in [0.25, 0.3) is 0 Å². The van der Waals surface area contributed by atoms with Crippen molar-refractivity contribution in [1.29, 1.82) is 0 Å². The van der Waals surface area contributed by atoms with Crippen LogP contribution in [0.3, 0.4) is 0 Å². The first-order chi connectivity index (χ1) is 13.9. The first-order valence-corrected chi connectivity index (χ1v) is 9.61. The van der Waals surface area contributed by atoms with E-state index in [-0.39, 0.29) is 29.7 Å². The fourth-order valence-electron chi connectivity index (χ4n) is 3.06. The van der Waals surface area contributed by atoms with E-state index < -0.39 is 0 Å². The number of furan rings is 1. The topological polar surface area (TPSA) is 93.0 Å². The number of amides is 2. The highest BCUT2D eigenvalue weighted by molar-refractivity contribution is 6.02. The molecule has 2 amide bonds. The number of carbonyl (C=O) groups is 2. The third kappa shape index (κ3) is 6.07. The van der Waals surface area contributed by atoms with E-state index >= 15 is 0 Å². The fraction of sp³-hybridized carbons (Fsp3) is 0.429. The van der Waals surface area contributed by atoms with Crippen molar-refractivity contribution in [3.05, 3.63) is 48.4 Å². The normalized spacial score (nSPS) is 15.0. The Hall–Kier alpha value is -2.84. The summed E-state index contributed by atoms with van der Waals surface area (Å²) in [6.07, 6.45) is 1.44. The van der Waals surface area contributed by atoms with E-state index in [4.69, 9.17) is 13.9 Å². The maximum absolute atomic E-state index is 12.2. The largest absolute Gasteiger partial charge is 0.484 e. The SMILES string of the molecule is CC(C)(CNC(=O)COc1cccc(NC(=O)c2ccco2)c1)N1CCOCC1. The van der Waals surface area contributed by atoms with Crippen LogP contribution in [0.15, 0.2) is 47.1 Å². The maximum atomic E-state index is 12.2. The van der Waals surface area contributed by atoms with Gasteiger partial charge in [0.1, 0.15) is 5.75 Å². The molecule has 1 aliphatic rings. The van der Waals surface area contributed by atoms with E-state index in [0.29, 0.717) is 31.2 Å². The maximum Gasteiger partial charge on any atom is 0.291 e.